The van der Waals surface area contributed by atoms with E-state index in [1.807, 2.05) is 0 Å². The molecule has 0 spiro atoms. The van der Waals surface area contributed by atoms with Crippen LogP contribution in [-0.4, -0.2) is 36.3 Å². The predicted octanol–water partition coefficient (Wildman–Crippen LogP) is 0.399. The van der Waals surface area contributed by atoms with E-state index < -0.39 is 5.97 Å². The first-order valence-electron chi connectivity index (χ1n) is 4.28. The molecule has 5 heteroatoms. The smallest absolute Gasteiger partial charge is 0.413 e. The van der Waals surface area contributed by atoms with Crippen molar-refractivity contribution < 1.29 is 19.1 Å². The van der Waals surface area contributed by atoms with E-state index in [2.05, 4.69) is 4.79 Å². The first-order valence-corrected chi connectivity index (χ1v) is 4.28. The molecule has 0 aromatic carbocycles. The second-order valence-electron chi connectivity index (χ2n) is 2.86. The highest BCUT2D eigenvalue weighted by molar-refractivity contribution is 6.20. The minimum absolute atomic E-state index is 0.00444. The molecule has 0 aromatic rings. The van der Waals surface area contributed by atoms with Gasteiger partial charge in [-0.2, -0.15) is 4.79 Å². The number of carbonyl (C=O) groups excluding carboxylic acids is 1. The van der Waals surface area contributed by atoms with Crippen LogP contribution in [-0.2, 0) is 14.3 Å². The van der Waals surface area contributed by atoms with Gasteiger partial charge in [0.15, 0.2) is 0 Å². The topological polar surface area (TPSA) is 71.9 Å². The van der Waals surface area contributed by atoms with Crippen LogP contribution in [0, 0.1) is 0 Å². The third-order valence-electron chi connectivity index (χ3n) is 1.85. The summed E-state index contributed by atoms with van der Waals surface area (Å²) in [6.45, 7) is 0.973. The minimum Gasteiger partial charge on any atom is -0.455 e. The van der Waals surface area contributed by atoms with Crippen LogP contribution in [0.3, 0.4) is 0 Å². The first kappa shape index (κ1) is 9.89. The highest BCUT2D eigenvalue weighted by atomic mass is 16.6. The number of nitrogens with zero attached hydrogens (tertiary/aromatic N) is 2. The summed E-state index contributed by atoms with van der Waals surface area (Å²) in [6, 6.07) is 0. The number of ether oxygens (including phenoxy) is 2. The van der Waals surface area contributed by atoms with Crippen molar-refractivity contribution in [3.05, 3.63) is 5.53 Å². The Kier molecular flexibility index (Phi) is 4.15. The van der Waals surface area contributed by atoms with Gasteiger partial charge >= 0.3 is 12.2 Å². The highest BCUT2D eigenvalue weighted by Crippen LogP contribution is 2.12. The fraction of sp³-hybridized carbons (Fsp3) is 0.750. The fourth-order valence-corrected chi connectivity index (χ4v) is 1.20. The lowest BCUT2D eigenvalue weighted by Gasteiger charge is -2.21. The van der Waals surface area contributed by atoms with Crippen LogP contribution in [0.4, 0.5) is 0 Å². The number of hydrogen-bond acceptors (Lipinski definition) is 3. The Morgan fingerprint density at radius 1 is 1.69 bits per heavy atom. The maximum absolute atomic E-state index is 10.7. The molecule has 1 saturated heterocycles. The van der Waals surface area contributed by atoms with Gasteiger partial charge in [-0.1, -0.05) is 0 Å². The van der Waals surface area contributed by atoms with Gasteiger partial charge in [0, 0.05) is 6.61 Å². The van der Waals surface area contributed by atoms with Gasteiger partial charge in [-0.15, -0.1) is 0 Å². The molecule has 0 N–H and O–H groups in total. The zero-order chi connectivity index (χ0) is 9.52. The highest BCUT2D eigenvalue weighted by Gasteiger charge is 2.16. The Morgan fingerprint density at radius 3 is 3.15 bits per heavy atom. The zero-order valence-electron chi connectivity index (χ0n) is 7.31. The number of hydrogen-bond donors (Lipinski definition) is 0. The molecule has 1 aliphatic rings. The molecule has 0 amide bonds. The molecule has 1 atom stereocenters. The first-order chi connectivity index (χ1) is 6.33. The minimum atomic E-state index is -0.642. The van der Waals surface area contributed by atoms with Crippen LogP contribution in [0.2, 0.25) is 0 Å². The van der Waals surface area contributed by atoms with Crippen molar-refractivity contribution in [2.24, 2.45) is 0 Å². The lowest BCUT2D eigenvalue weighted by atomic mass is 10.1. The average Bonchev–Trinajstić information content (AvgIpc) is 2.17. The zero-order valence-corrected chi connectivity index (χ0v) is 7.31. The van der Waals surface area contributed by atoms with E-state index in [0.29, 0.717) is 0 Å². The maximum Gasteiger partial charge on any atom is 0.413 e. The fourth-order valence-electron chi connectivity index (χ4n) is 1.20. The largest absolute Gasteiger partial charge is 0.455 e. The number of carbonyl (C=O) groups is 1. The quantitative estimate of drug-likeness (QED) is 0.276. The Morgan fingerprint density at radius 2 is 2.54 bits per heavy atom. The summed E-state index contributed by atoms with van der Waals surface area (Å²) in [5, 5.41) is 0. The Bertz CT molecular complexity index is 217. The van der Waals surface area contributed by atoms with Crippen LogP contribution < -0.4 is 0 Å². The SMILES string of the molecule is [N-]=[N+]=CC(=O)OCC1CCCCO1. The molecule has 0 saturated carbocycles. The van der Waals surface area contributed by atoms with Crippen molar-refractivity contribution in [2.45, 2.75) is 25.4 Å². The maximum atomic E-state index is 10.7. The van der Waals surface area contributed by atoms with Gasteiger partial charge in [0.05, 0.1) is 6.10 Å². The van der Waals surface area contributed by atoms with Gasteiger partial charge in [0.25, 0.3) is 0 Å². The lowest BCUT2D eigenvalue weighted by Crippen LogP contribution is -2.26. The molecule has 1 heterocycles. The summed E-state index contributed by atoms with van der Waals surface area (Å²) in [5.41, 5.74) is 8.01. The molecule has 0 radical (unpaired) electrons. The van der Waals surface area contributed by atoms with Crippen LogP contribution in [0.5, 0.6) is 0 Å². The number of rotatable bonds is 3. The van der Waals surface area contributed by atoms with Gasteiger partial charge in [0.1, 0.15) is 6.61 Å². The van der Waals surface area contributed by atoms with Gasteiger partial charge in [-0.3, -0.25) is 0 Å². The molecule has 1 fully saturated rings. The summed E-state index contributed by atoms with van der Waals surface area (Å²) in [5.74, 6) is -0.642. The van der Waals surface area contributed by atoms with Crippen molar-refractivity contribution in [1.29, 1.82) is 0 Å². The Hall–Kier alpha value is -1.19. The van der Waals surface area contributed by atoms with Crippen molar-refractivity contribution in [3.8, 4) is 0 Å². The monoisotopic (exact) mass is 184 g/mol. The second kappa shape index (κ2) is 5.45. The average molecular weight is 184 g/mol. The molecule has 1 unspecified atom stereocenters. The Balaban J connectivity index is 2.17. The summed E-state index contributed by atoms with van der Waals surface area (Å²) >= 11 is 0. The molecule has 1 aliphatic heterocycles. The van der Waals surface area contributed by atoms with Crippen LogP contribution >= 0.6 is 0 Å². The second-order valence-corrected chi connectivity index (χ2v) is 2.86. The summed E-state index contributed by atoms with van der Waals surface area (Å²) in [4.78, 5) is 13.3. The molecule has 72 valence electrons. The van der Waals surface area contributed by atoms with E-state index in [1.165, 1.54) is 0 Å². The summed E-state index contributed by atoms with van der Waals surface area (Å²) in [7, 11) is 0. The van der Waals surface area contributed by atoms with E-state index in [0.717, 1.165) is 32.1 Å². The van der Waals surface area contributed by atoms with E-state index in [1.54, 1.807) is 0 Å². The van der Waals surface area contributed by atoms with Crippen molar-refractivity contribution in [2.75, 3.05) is 13.2 Å². The molecule has 0 bridgehead atoms. The van der Waals surface area contributed by atoms with E-state index >= 15 is 0 Å². The van der Waals surface area contributed by atoms with Crippen molar-refractivity contribution >= 4 is 12.2 Å². The molecular weight excluding hydrogens is 172 g/mol. The molecule has 5 nitrogen and oxygen atoms in total. The van der Waals surface area contributed by atoms with Gasteiger partial charge in [-0.05, 0) is 19.3 Å². The summed E-state index contributed by atoms with van der Waals surface area (Å²) < 4.78 is 10.1. The predicted molar refractivity (Wildman–Crippen MR) is 44.2 cm³/mol. The molecule has 0 aliphatic carbocycles. The molecule has 13 heavy (non-hydrogen) atoms. The molecular formula is C8H12N2O3. The van der Waals surface area contributed by atoms with Crippen LogP contribution in [0.25, 0.3) is 5.53 Å². The third kappa shape index (κ3) is 3.83. The van der Waals surface area contributed by atoms with Crippen LogP contribution in [0.1, 0.15) is 19.3 Å². The van der Waals surface area contributed by atoms with Gasteiger partial charge in [0.2, 0.25) is 0 Å². The molecule has 0 aromatic heterocycles. The lowest BCUT2D eigenvalue weighted by molar-refractivity contribution is -0.144. The number of esters is 1. The van der Waals surface area contributed by atoms with E-state index in [9.17, 15) is 4.79 Å². The molecule has 1 rings (SSSR count). The van der Waals surface area contributed by atoms with E-state index in [-0.39, 0.29) is 12.7 Å². The van der Waals surface area contributed by atoms with Crippen molar-refractivity contribution in [3.63, 3.8) is 0 Å². The normalized spacial score (nSPS) is 21.7. The van der Waals surface area contributed by atoms with Crippen molar-refractivity contribution in [1.82, 2.24) is 0 Å². The van der Waals surface area contributed by atoms with Crippen LogP contribution in [0.15, 0.2) is 0 Å². The van der Waals surface area contributed by atoms with Gasteiger partial charge in [-0.25, -0.2) is 4.79 Å². The van der Waals surface area contributed by atoms with E-state index in [4.69, 9.17) is 15.0 Å². The van der Waals surface area contributed by atoms with Gasteiger partial charge < -0.3 is 15.0 Å². The standard InChI is InChI=1S/C8H12N2O3/c9-10-5-8(11)13-6-7-3-1-2-4-12-7/h5,7H,1-4,6H2. The Labute approximate surface area is 76.3 Å². The third-order valence-corrected chi connectivity index (χ3v) is 1.85. The summed E-state index contributed by atoms with van der Waals surface area (Å²) in [6.07, 6.45) is 3.83.